The van der Waals surface area contributed by atoms with E-state index in [1.807, 2.05) is 0 Å². The Kier molecular flexibility index (Phi) is 3.89. The number of carbonyl (C=O) groups excluding carboxylic acids is 1. The minimum Gasteiger partial charge on any atom is -0.481 e. The molecule has 0 aromatic rings. The molecule has 0 aromatic carbocycles. The Hall–Kier alpha value is -1.08. The van der Waals surface area contributed by atoms with Gasteiger partial charge in [0.05, 0.1) is 6.42 Å². The average Bonchev–Trinajstić information content (AvgIpc) is 1.82. The molecule has 1 unspecified atom stereocenters. The highest BCUT2D eigenvalue weighted by Crippen LogP contribution is 2.27. The molecular weight excluding hydrogens is 200 g/mol. The van der Waals surface area contributed by atoms with Crippen molar-refractivity contribution in [3.05, 3.63) is 0 Å². The number of rotatable bonds is 4. The summed E-state index contributed by atoms with van der Waals surface area (Å²) in [5, 5.41) is 25.2. The normalized spacial score (nSPS) is 14.6. The van der Waals surface area contributed by atoms with E-state index < -0.39 is 28.4 Å². The van der Waals surface area contributed by atoms with E-state index in [1.165, 1.54) is 0 Å². The van der Waals surface area contributed by atoms with Crippen molar-refractivity contribution in [2.75, 3.05) is 0 Å². The van der Waals surface area contributed by atoms with Crippen LogP contribution in [0.25, 0.3) is 0 Å². The largest absolute Gasteiger partial charge is 0.481 e. The van der Waals surface area contributed by atoms with Crippen LogP contribution in [0.5, 0.6) is 0 Å². The molecule has 0 bridgehead atoms. The third kappa shape index (κ3) is 3.90. The molecule has 74 valence electrons. The zero-order chi connectivity index (χ0) is 10.6. The standard InChI is InChI=1S/C6H8O6S/c1-3(7)13-6(12,5(10)11)2-4(8)9/h12H,2H2,1H3,(H,8,9)(H,10,11). The molecule has 0 fully saturated rings. The molecule has 0 amide bonds. The molecule has 0 spiro atoms. The van der Waals surface area contributed by atoms with Crippen LogP contribution >= 0.6 is 11.8 Å². The quantitative estimate of drug-likeness (QED) is 0.534. The lowest BCUT2D eigenvalue weighted by Crippen LogP contribution is -2.38. The van der Waals surface area contributed by atoms with Gasteiger partial charge in [-0.3, -0.25) is 9.59 Å². The van der Waals surface area contributed by atoms with Gasteiger partial charge in [0.2, 0.25) is 4.93 Å². The van der Waals surface area contributed by atoms with E-state index >= 15 is 0 Å². The third-order valence-corrected chi connectivity index (χ3v) is 1.98. The van der Waals surface area contributed by atoms with Crippen LogP contribution in [0.2, 0.25) is 0 Å². The predicted octanol–water partition coefficient (Wildman–Crippen LogP) is -0.486. The Bertz CT molecular complexity index is 232. The van der Waals surface area contributed by atoms with E-state index in [0.29, 0.717) is 0 Å². The molecule has 7 heteroatoms. The van der Waals surface area contributed by atoms with Gasteiger partial charge in [-0.25, -0.2) is 4.79 Å². The highest BCUT2D eigenvalue weighted by Gasteiger charge is 2.40. The van der Waals surface area contributed by atoms with Crippen molar-refractivity contribution in [1.29, 1.82) is 0 Å². The Morgan fingerprint density at radius 3 is 2.00 bits per heavy atom. The summed E-state index contributed by atoms with van der Waals surface area (Å²) >= 11 is 0.0746. The first-order chi connectivity index (χ1) is 5.78. The summed E-state index contributed by atoms with van der Waals surface area (Å²) in [6.45, 7) is 1.04. The fraction of sp³-hybridized carbons (Fsp3) is 0.500. The fourth-order valence-corrected chi connectivity index (χ4v) is 1.36. The molecule has 0 heterocycles. The monoisotopic (exact) mass is 208 g/mol. The number of carboxylic acids is 2. The number of aliphatic hydroxyl groups is 1. The van der Waals surface area contributed by atoms with Crippen molar-refractivity contribution in [2.24, 2.45) is 0 Å². The zero-order valence-corrected chi connectivity index (χ0v) is 7.50. The zero-order valence-electron chi connectivity index (χ0n) is 6.68. The molecule has 0 aliphatic heterocycles. The van der Waals surface area contributed by atoms with Crippen molar-refractivity contribution in [3.63, 3.8) is 0 Å². The van der Waals surface area contributed by atoms with E-state index in [1.54, 1.807) is 0 Å². The van der Waals surface area contributed by atoms with Gasteiger partial charge in [-0.2, -0.15) is 0 Å². The fourth-order valence-electron chi connectivity index (χ4n) is 0.598. The summed E-state index contributed by atoms with van der Waals surface area (Å²) in [5.41, 5.74) is 0. The van der Waals surface area contributed by atoms with Crippen LogP contribution in [-0.4, -0.2) is 37.3 Å². The van der Waals surface area contributed by atoms with E-state index in [0.717, 1.165) is 6.92 Å². The SMILES string of the molecule is CC(=O)SC(O)(CC(=O)O)C(=O)O. The van der Waals surface area contributed by atoms with Gasteiger partial charge >= 0.3 is 11.9 Å². The van der Waals surface area contributed by atoms with Crippen LogP contribution in [0.15, 0.2) is 0 Å². The van der Waals surface area contributed by atoms with Crippen molar-refractivity contribution in [3.8, 4) is 0 Å². The summed E-state index contributed by atoms with van der Waals surface area (Å²) in [4.78, 5) is 28.5. The van der Waals surface area contributed by atoms with Crippen LogP contribution in [0.3, 0.4) is 0 Å². The number of hydrogen-bond acceptors (Lipinski definition) is 5. The summed E-state index contributed by atoms with van der Waals surface area (Å²) < 4.78 is 0. The van der Waals surface area contributed by atoms with Crippen LogP contribution < -0.4 is 0 Å². The number of carboxylic acid groups (broad SMARTS) is 2. The smallest absolute Gasteiger partial charge is 0.347 e. The van der Waals surface area contributed by atoms with Crippen molar-refractivity contribution < 1.29 is 29.7 Å². The lowest BCUT2D eigenvalue weighted by atomic mass is 10.2. The first-order valence-electron chi connectivity index (χ1n) is 3.15. The topological polar surface area (TPSA) is 112 Å². The lowest BCUT2D eigenvalue weighted by molar-refractivity contribution is -0.156. The summed E-state index contributed by atoms with van der Waals surface area (Å²) in [6.07, 6.45) is -1.02. The molecule has 0 aliphatic carbocycles. The number of carbonyl (C=O) groups is 3. The molecule has 0 aliphatic rings. The summed E-state index contributed by atoms with van der Waals surface area (Å²) in [5.74, 6) is -3.23. The average molecular weight is 208 g/mol. The number of hydrogen-bond donors (Lipinski definition) is 3. The minimum atomic E-state index is -2.57. The van der Waals surface area contributed by atoms with Crippen molar-refractivity contribution in [2.45, 2.75) is 18.3 Å². The van der Waals surface area contributed by atoms with Gasteiger partial charge in [-0.1, -0.05) is 0 Å². The maximum Gasteiger partial charge on any atom is 0.347 e. The second-order valence-corrected chi connectivity index (χ2v) is 3.71. The maximum absolute atomic E-state index is 10.5. The Balaban J connectivity index is 4.62. The first-order valence-corrected chi connectivity index (χ1v) is 3.97. The molecule has 3 N–H and O–H groups in total. The molecule has 0 aromatic heterocycles. The molecule has 0 saturated heterocycles. The first kappa shape index (κ1) is 11.9. The van der Waals surface area contributed by atoms with Crippen LogP contribution in [-0.2, 0) is 14.4 Å². The van der Waals surface area contributed by atoms with Crippen LogP contribution in [0.1, 0.15) is 13.3 Å². The van der Waals surface area contributed by atoms with Crippen molar-refractivity contribution >= 4 is 28.8 Å². The summed E-state index contributed by atoms with van der Waals surface area (Å²) in [6, 6.07) is 0. The Labute approximate surface area is 77.6 Å². The Morgan fingerprint density at radius 1 is 1.31 bits per heavy atom. The van der Waals surface area contributed by atoms with Gasteiger partial charge in [0, 0.05) is 6.92 Å². The highest BCUT2D eigenvalue weighted by atomic mass is 32.2. The van der Waals surface area contributed by atoms with Gasteiger partial charge in [-0.05, 0) is 11.8 Å². The Morgan fingerprint density at radius 2 is 1.77 bits per heavy atom. The van der Waals surface area contributed by atoms with E-state index in [-0.39, 0.29) is 11.8 Å². The molecule has 0 radical (unpaired) electrons. The maximum atomic E-state index is 10.5. The molecule has 0 rings (SSSR count). The second-order valence-electron chi connectivity index (χ2n) is 2.25. The molecule has 6 nitrogen and oxygen atoms in total. The van der Waals surface area contributed by atoms with E-state index in [9.17, 15) is 19.5 Å². The van der Waals surface area contributed by atoms with Crippen LogP contribution in [0.4, 0.5) is 0 Å². The second kappa shape index (κ2) is 4.24. The lowest BCUT2D eigenvalue weighted by Gasteiger charge is -2.18. The molecule has 1 atom stereocenters. The van der Waals surface area contributed by atoms with Gasteiger partial charge in [-0.15, -0.1) is 0 Å². The number of aliphatic carboxylic acids is 2. The summed E-state index contributed by atoms with van der Waals surface area (Å²) in [7, 11) is 0. The van der Waals surface area contributed by atoms with Crippen molar-refractivity contribution in [1.82, 2.24) is 0 Å². The van der Waals surface area contributed by atoms with Crippen LogP contribution in [0, 0.1) is 0 Å². The van der Waals surface area contributed by atoms with Gasteiger partial charge in [0.1, 0.15) is 0 Å². The molecule has 13 heavy (non-hydrogen) atoms. The van der Waals surface area contributed by atoms with Gasteiger partial charge < -0.3 is 15.3 Å². The van der Waals surface area contributed by atoms with E-state index in [2.05, 4.69) is 0 Å². The third-order valence-electron chi connectivity index (χ3n) is 1.04. The minimum absolute atomic E-state index is 0.0746. The van der Waals surface area contributed by atoms with Gasteiger partial charge in [0.25, 0.3) is 0 Å². The molecule has 0 saturated carbocycles. The predicted molar refractivity (Wildman–Crippen MR) is 43.1 cm³/mol. The molecular formula is C6H8O6S. The highest BCUT2D eigenvalue weighted by molar-refractivity contribution is 8.15. The van der Waals surface area contributed by atoms with Gasteiger partial charge in [0.15, 0.2) is 5.12 Å². The number of thioether (sulfide) groups is 1. The van der Waals surface area contributed by atoms with E-state index in [4.69, 9.17) is 10.2 Å².